The summed E-state index contributed by atoms with van der Waals surface area (Å²) in [6.45, 7) is 3.37. The minimum atomic E-state index is 0.368. The molecule has 0 atom stereocenters. The quantitative estimate of drug-likeness (QED) is 0.790. The van der Waals surface area contributed by atoms with Crippen LogP contribution in [0.15, 0.2) is 30.3 Å². The van der Waals surface area contributed by atoms with E-state index >= 15 is 0 Å². The van der Waals surface area contributed by atoms with Crippen LogP contribution >= 0.6 is 11.6 Å². The van der Waals surface area contributed by atoms with Crippen LogP contribution in [-0.2, 0) is 18.7 Å². The number of benzene rings is 1. The lowest BCUT2D eigenvalue weighted by Gasteiger charge is -2.10. The molecule has 0 fully saturated rings. The van der Waals surface area contributed by atoms with Gasteiger partial charge in [0.05, 0.1) is 24.8 Å². The number of hydrogen-bond acceptors (Lipinski definition) is 3. The molecule has 0 saturated carbocycles. The van der Waals surface area contributed by atoms with Crippen LogP contribution in [0.25, 0.3) is 0 Å². The summed E-state index contributed by atoms with van der Waals surface area (Å²) in [5, 5.41) is 0. The van der Waals surface area contributed by atoms with Crippen LogP contribution in [0.2, 0.25) is 0 Å². The van der Waals surface area contributed by atoms with Gasteiger partial charge in [-0.15, -0.1) is 11.6 Å². The Balaban J connectivity index is 1.61. The number of rotatable bonds is 5. The van der Waals surface area contributed by atoms with Crippen LogP contribution in [0, 0.1) is 6.92 Å². The third-order valence-corrected chi connectivity index (χ3v) is 3.85. The summed E-state index contributed by atoms with van der Waals surface area (Å²) < 4.78 is 11.3. The van der Waals surface area contributed by atoms with Crippen molar-refractivity contribution in [3.63, 3.8) is 0 Å². The first-order valence-electron chi connectivity index (χ1n) is 7.16. The fourth-order valence-corrected chi connectivity index (χ4v) is 2.69. The molecule has 1 aromatic heterocycles. The van der Waals surface area contributed by atoms with E-state index in [9.17, 15) is 0 Å². The number of hydrogen-bond donors (Lipinski definition) is 0. The van der Waals surface area contributed by atoms with Crippen molar-refractivity contribution in [3.8, 4) is 11.5 Å². The van der Waals surface area contributed by atoms with Gasteiger partial charge >= 0.3 is 0 Å². The topological polar surface area (TPSA) is 31.4 Å². The molecular formula is C17H18ClNO2. The molecule has 0 saturated heterocycles. The Bertz CT molecular complexity index is 643. The largest absolute Gasteiger partial charge is 0.493 e. The maximum atomic E-state index is 5.91. The number of ether oxygens (including phenoxy) is 2. The Morgan fingerprint density at radius 2 is 2.19 bits per heavy atom. The average Bonchev–Trinajstić information content (AvgIpc) is 2.96. The van der Waals surface area contributed by atoms with Crippen molar-refractivity contribution in [2.24, 2.45) is 0 Å². The van der Waals surface area contributed by atoms with Crippen molar-refractivity contribution >= 4 is 11.6 Å². The molecule has 110 valence electrons. The number of aryl methyl sites for hydroxylation is 1. The Morgan fingerprint density at radius 1 is 1.29 bits per heavy atom. The minimum Gasteiger partial charge on any atom is -0.493 e. The second kappa shape index (κ2) is 6.35. The van der Waals surface area contributed by atoms with E-state index in [2.05, 4.69) is 23.2 Å². The smallest absolute Gasteiger partial charge is 0.142 e. The molecule has 1 aromatic carbocycles. The number of alkyl halides is 1. The van der Waals surface area contributed by atoms with Crippen molar-refractivity contribution < 1.29 is 9.47 Å². The van der Waals surface area contributed by atoms with E-state index in [4.69, 9.17) is 21.1 Å². The van der Waals surface area contributed by atoms with Crippen LogP contribution in [0.5, 0.6) is 11.5 Å². The Labute approximate surface area is 129 Å². The normalized spacial score (nSPS) is 12.9. The number of nitrogens with zero attached hydrogens (tertiary/aromatic N) is 1. The average molecular weight is 304 g/mol. The summed E-state index contributed by atoms with van der Waals surface area (Å²) >= 11 is 5.91. The van der Waals surface area contributed by atoms with E-state index in [1.54, 1.807) is 0 Å². The zero-order chi connectivity index (χ0) is 14.7. The predicted octanol–water partition coefficient (Wildman–Crippen LogP) is 3.69. The van der Waals surface area contributed by atoms with E-state index in [1.165, 1.54) is 11.1 Å². The first kappa shape index (κ1) is 14.2. The van der Waals surface area contributed by atoms with Gasteiger partial charge in [-0.2, -0.15) is 0 Å². The SMILES string of the molecule is Cc1ccc(OCCc2ccc3c(c2)CCO3)c(CCl)n1. The second-order valence-corrected chi connectivity index (χ2v) is 5.44. The fraction of sp³-hybridized carbons (Fsp3) is 0.353. The van der Waals surface area contributed by atoms with Crippen LogP contribution in [0.4, 0.5) is 0 Å². The van der Waals surface area contributed by atoms with Crippen molar-refractivity contribution in [3.05, 3.63) is 52.8 Å². The highest BCUT2D eigenvalue weighted by Crippen LogP contribution is 2.26. The molecule has 21 heavy (non-hydrogen) atoms. The molecule has 2 aromatic rings. The number of halogens is 1. The van der Waals surface area contributed by atoms with Gasteiger partial charge in [0.25, 0.3) is 0 Å². The molecule has 0 amide bonds. The van der Waals surface area contributed by atoms with Gasteiger partial charge in [-0.3, -0.25) is 4.98 Å². The van der Waals surface area contributed by atoms with Crippen LogP contribution in [0.1, 0.15) is 22.5 Å². The molecule has 4 heteroatoms. The lowest BCUT2D eigenvalue weighted by Crippen LogP contribution is -2.04. The van der Waals surface area contributed by atoms with Crippen molar-refractivity contribution in [2.75, 3.05) is 13.2 Å². The zero-order valence-corrected chi connectivity index (χ0v) is 12.8. The Morgan fingerprint density at radius 3 is 3.05 bits per heavy atom. The Hall–Kier alpha value is -1.74. The lowest BCUT2D eigenvalue weighted by atomic mass is 10.1. The molecule has 3 nitrogen and oxygen atoms in total. The van der Waals surface area contributed by atoms with Gasteiger partial charge in [-0.05, 0) is 36.2 Å². The Kier molecular flexibility index (Phi) is 4.30. The molecule has 1 aliphatic heterocycles. The van der Waals surface area contributed by atoms with Crippen molar-refractivity contribution in [1.82, 2.24) is 4.98 Å². The summed E-state index contributed by atoms with van der Waals surface area (Å²) in [4.78, 5) is 4.39. The molecule has 0 radical (unpaired) electrons. The van der Waals surface area contributed by atoms with Gasteiger partial charge in [0, 0.05) is 18.5 Å². The summed E-state index contributed by atoms with van der Waals surface area (Å²) in [7, 11) is 0. The lowest BCUT2D eigenvalue weighted by molar-refractivity contribution is 0.317. The minimum absolute atomic E-state index is 0.368. The highest BCUT2D eigenvalue weighted by molar-refractivity contribution is 6.17. The molecule has 0 aliphatic carbocycles. The molecule has 3 rings (SSSR count). The first-order chi connectivity index (χ1) is 10.3. The number of fused-ring (bicyclic) bond motifs is 1. The standard InChI is InChI=1S/C17H18ClNO2/c1-12-2-4-17(15(11-18)19-12)21-8-6-13-3-5-16-14(10-13)7-9-20-16/h2-5,10H,6-9,11H2,1H3. The molecule has 0 N–H and O–H groups in total. The van der Waals surface area contributed by atoms with Gasteiger partial charge in [-0.1, -0.05) is 12.1 Å². The summed E-state index contributed by atoms with van der Waals surface area (Å²) in [6.07, 6.45) is 1.87. The van der Waals surface area contributed by atoms with Gasteiger partial charge in [0.15, 0.2) is 0 Å². The third kappa shape index (κ3) is 3.30. The zero-order valence-electron chi connectivity index (χ0n) is 12.1. The first-order valence-corrected chi connectivity index (χ1v) is 7.69. The van der Waals surface area contributed by atoms with E-state index in [1.807, 2.05) is 19.1 Å². The van der Waals surface area contributed by atoms with Crippen molar-refractivity contribution in [2.45, 2.75) is 25.6 Å². The fourth-order valence-electron chi connectivity index (χ4n) is 2.50. The van der Waals surface area contributed by atoms with Gasteiger partial charge in [0.1, 0.15) is 11.5 Å². The number of pyridine rings is 1. The van der Waals surface area contributed by atoms with Crippen molar-refractivity contribution in [1.29, 1.82) is 0 Å². The van der Waals surface area contributed by atoms with E-state index in [0.29, 0.717) is 12.5 Å². The van der Waals surface area contributed by atoms with Gasteiger partial charge in [0.2, 0.25) is 0 Å². The van der Waals surface area contributed by atoms with Crippen LogP contribution in [-0.4, -0.2) is 18.2 Å². The molecule has 2 heterocycles. The molecule has 0 bridgehead atoms. The van der Waals surface area contributed by atoms with E-state index in [0.717, 1.165) is 42.3 Å². The predicted molar refractivity (Wildman–Crippen MR) is 83.4 cm³/mol. The molecule has 1 aliphatic rings. The maximum absolute atomic E-state index is 5.91. The summed E-state index contributed by atoms with van der Waals surface area (Å²) in [5.74, 6) is 2.17. The molecular weight excluding hydrogens is 286 g/mol. The summed E-state index contributed by atoms with van der Waals surface area (Å²) in [5.41, 5.74) is 4.33. The second-order valence-electron chi connectivity index (χ2n) is 5.17. The molecule has 0 spiro atoms. The van der Waals surface area contributed by atoms with Crippen LogP contribution < -0.4 is 9.47 Å². The van der Waals surface area contributed by atoms with Crippen LogP contribution in [0.3, 0.4) is 0 Å². The third-order valence-electron chi connectivity index (χ3n) is 3.60. The van der Waals surface area contributed by atoms with Gasteiger partial charge in [-0.25, -0.2) is 0 Å². The van der Waals surface area contributed by atoms with E-state index in [-0.39, 0.29) is 0 Å². The highest BCUT2D eigenvalue weighted by atomic mass is 35.5. The maximum Gasteiger partial charge on any atom is 0.142 e. The molecule has 0 unspecified atom stereocenters. The number of aromatic nitrogens is 1. The highest BCUT2D eigenvalue weighted by Gasteiger charge is 2.12. The summed E-state index contributed by atoms with van der Waals surface area (Å²) in [6, 6.07) is 10.2. The monoisotopic (exact) mass is 303 g/mol. The van der Waals surface area contributed by atoms with E-state index < -0.39 is 0 Å². The van der Waals surface area contributed by atoms with Gasteiger partial charge < -0.3 is 9.47 Å².